The van der Waals surface area contributed by atoms with E-state index in [4.69, 9.17) is 4.74 Å². The molecule has 31 heavy (non-hydrogen) atoms. The number of nitrogens with one attached hydrogen (secondary N) is 2. The van der Waals surface area contributed by atoms with Gasteiger partial charge < -0.3 is 15.0 Å². The lowest BCUT2D eigenvalue weighted by molar-refractivity contribution is 0.258. The molecule has 0 amide bonds. The van der Waals surface area contributed by atoms with Gasteiger partial charge in [0.1, 0.15) is 5.75 Å². The molecule has 0 aliphatic carbocycles. The van der Waals surface area contributed by atoms with E-state index in [9.17, 15) is 4.79 Å². The fourth-order valence-electron chi connectivity index (χ4n) is 3.86. The van der Waals surface area contributed by atoms with Crippen molar-refractivity contribution in [3.63, 3.8) is 0 Å². The Morgan fingerprint density at radius 1 is 1.03 bits per heavy atom. The molecule has 0 atom stereocenters. The Morgan fingerprint density at radius 2 is 1.74 bits per heavy atom. The molecule has 0 unspecified atom stereocenters. The second-order valence-electron chi connectivity index (χ2n) is 7.71. The number of ether oxygens (including phenoxy) is 1. The topological polar surface area (TPSA) is 73.5 Å². The largest absolute Gasteiger partial charge is 0.497 e. The maximum Gasteiger partial charge on any atom is 0.252 e. The molecule has 7 nitrogen and oxygen atoms in total. The standard InChI is InChI=1S/C24H29N5O2/c1-3-12-28-13-15-29(16-14-28)20-8-6-19(7-9-20)25-24-26-22(17-23(30)27-24)18-4-10-21(31-2)11-5-18/h4-11,17H,3,12-16H2,1-2H3,(H2,25,26,27,30). The molecule has 0 spiro atoms. The highest BCUT2D eigenvalue weighted by atomic mass is 16.5. The Morgan fingerprint density at radius 3 is 2.39 bits per heavy atom. The molecule has 1 aliphatic heterocycles. The van der Waals surface area contributed by atoms with Crippen molar-refractivity contribution in [3.05, 3.63) is 65.0 Å². The Labute approximate surface area is 182 Å². The smallest absolute Gasteiger partial charge is 0.252 e. The number of H-pyrrole nitrogens is 1. The van der Waals surface area contributed by atoms with E-state index >= 15 is 0 Å². The number of rotatable bonds is 7. The van der Waals surface area contributed by atoms with Gasteiger partial charge in [-0.05, 0) is 61.5 Å². The molecule has 1 aromatic heterocycles. The minimum atomic E-state index is -0.204. The highest BCUT2D eigenvalue weighted by molar-refractivity contribution is 5.64. The normalized spacial score (nSPS) is 14.5. The van der Waals surface area contributed by atoms with Gasteiger partial charge in [0.05, 0.1) is 12.8 Å². The summed E-state index contributed by atoms with van der Waals surface area (Å²) in [5.41, 5.74) is 3.35. The van der Waals surface area contributed by atoms with E-state index in [1.54, 1.807) is 7.11 Å². The van der Waals surface area contributed by atoms with Crippen LogP contribution in [0.15, 0.2) is 59.4 Å². The van der Waals surface area contributed by atoms with Gasteiger partial charge >= 0.3 is 0 Å². The molecule has 1 aliphatic rings. The maximum absolute atomic E-state index is 12.2. The van der Waals surface area contributed by atoms with Crippen molar-refractivity contribution in [2.24, 2.45) is 0 Å². The zero-order valence-electron chi connectivity index (χ0n) is 18.1. The van der Waals surface area contributed by atoms with Crippen LogP contribution >= 0.6 is 0 Å². The second-order valence-corrected chi connectivity index (χ2v) is 7.71. The second kappa shape index (κ2) is 9.66. The van der Waals surface area contributed by atoms with E-state index < -0.39 is 0 Å². The first kappa shape index (κ1) is 20.9. The van der Waals surface area contributed by atoms with Crippen LogP contribution in [0.25, 0.3) is 11.3 Å². The number of piperazine rings is 1. The summed E-state index contributed by atoms with van der Waals surface area (Å²) >= 11 is 0. The number of aromatic nitrogens is 2. The summed E-state index contributed by atoms with van der Waals surface area (Å²) in [4.78, 5) is 24.4. The summed E-state index contributed by atoms with van der Waals surface area (Å²) < 4.78 is 5.19. The zero-order chi connectivity index (χ0) is 21.6. The average molecular weight is 420 g/mol. The predicted molar refractivity (Wildman–Crippen MR) is 126 cm³/mol. The first-order chi connectivity index (χ1) is 15.1. The van der Waals surface area contributed by atoms with Gasteiger partial charge in [0.15, 0.2) is 0 Å². The van der Waals surface area contributed by atoms with Crippen LogP contribution < -0.4 is 20.5 Å². The van der Waals surface area contributed by atoms with E-state index in [2.05, 4.69) is 44.1 Å². The van der Waals surface area contributed by atoms with Crippen LogP contribution in [0.3, 0.4) is 0 Å². The number of hydrogen-bond donors (Lipinski definition) is 2. The monoisotopic (exact) mass is 419 g/mol. The number of methoxy groups -OCH3 is 1. The predicted octanol–water partition coefficient (Wildman–Crippen LogP) is 3.72. The van der Waals surface area contributed by atoms with Crippen LogP contribution in [-0.2, 0) is 0 Å². The molecule has 162 valence electrons. The number of aromatic amines is 1. The summed E-state index contributed by atoms with van der Waals surface area (Å²) in [7, 11) is 1.63. The van der Waals surface area contributed by atoms with E-state index in [0.29, 0.717) is 11.6 Å². The van der Waals surface area contributed by atoms with Crippen LogP contribution in [0, 0.1) is 0 Å². The third kappa shape index (κ3) is 5.24. The molecule has 7 heteroatoms. The van der Waals surface area contributed by atoms with Crippen molar-refractivity contribution >= 4 is 17.3 Å². The molecule has 2 heterocycles. The van der Waals surface area contributed by atoms with Crippen LogP contribution in [-0.4, -0.2) is 54.7 Å². The van der Waals surface area contributed by atoms with E-state index in [-0.39, 0.29) is 5.56 Å². The van der Waals surface area contributed by atoms with Gasteiger partial charge in [-0.25, -0.2) is 4.98 Å². The van der Waals surface area contributed by atoms with Crippen LogP contribution in [0.1, 0.15) is 13.3 Å². The molecule has 0 radical (unpaired) electrons. The fourth-order valence-corrected chi connectivity index (χ4v) is 3.86. The molecular formula is C24H29N5O2. The van der Waals surface area contributed by atoms with Crippen molar-refractivity contribution in [2.45, 2.75) is 13.3 Å². The first-order valence-electron chi connectivity index (χ1n) is 10.7. The highest BCUT2D eigenvalue weighted by Crippen LogP contribution is 2.23. The summed E-state index contributed by atoms with van der Waals surface area (Å²) in [5, 5.41) is 3.21. The van der Waals surface area contributed by atoms with Gasteiger partial charge in [-0.3, -0.25) is 14.7 Å². The van der Waals surface area contributed by atoms with Gasteiger partial charge in [-0.15, -0.1) is 0 Å². The number of hydrogen-bond acceptors (Lipinski definition) is 6. The fraction of sp³-hybridized carbons (Fsp3) is 0.333. The van der Waals surface area contributed by atoms with Crippen LogP contribution in [0.2, 0.25) is 0 Å². The summed E-state index contributed by atoms with van der Waals surface area (Å²) in [5.74, 6) is 1.18. The van der Waals surface area contributed by atoms with E-state index in [0.717, 1.165) is 43.2 Å². The third-order valence-electron chi connectivity index (χ3n) is 5.53. The number of anilines is 3. The molecule has 0 saturated carbocycles. The van der Waals surface area contributed by atoms with Gasteiger partial charge in [0.2, 0.25) is 5.95 Å². The lowest BCUT2D eigenvalue weighted by Gasteiger charge is -2.36. The van der Waals surface area contributed by atoms with Crippen molar-refractivity contribution < 1.29 is 4.74 Å². The first-order valence-corrected chi connectivity index (χ1v) is 10.7. The minimum absolute atomic E-state index is 0.204. The molecule has 2 N–H and O–H groups in total. The molecular weight excluding hydrogens is 390 g/mol. The Bertz CT molecular complexity index is 1040. The lowest BCUT2D eigenvalue weighted by Crippen LogP contribution is -2.46. The van der Waals surface area contributed by atoms with Gasteiger partial charge in [0.25, 0.3) is 5.56 Å². The molecule has 1 saturated heterocycles. The minimum Gasteiger partial charge on any atom is -0.497 e. The molecule has 0 bridgehead atoms. The van der Waals surface area contributed by atoms with E-state index in [1.807, 2.05) is 36.4 Å². The van der Waals surface area contributed by atoms with Gasteiger partial charge in [0, 0.05) is 49.2 Å². The Balaban J connectivity index is 1.44. The van der Waals surface area contributed by atoms with Gasteiger partial charge in [-0.2, -0.15) is 0 Å². The van der Waals surface area contributed by atoms with Crippen LogP contribution in [0.5, 0.6) is 5.75 Å². The van der Waals surface area contributed by atoms with Crippen molar-refractivity contribution in [2.75, 3.05) is 50.1 Å². The van der Waals surface area contributed by atoms with Crippen molar-refractivity contribution in [3.8, 4) is 17.0 Å². The Hall–Kier alpha value is -3.32. The summed E-state index contributed by atoms with van der Waals surface area (Å²) in [6.07, 6.45) is 1.20. The van der Waals surface area contributed by atoms with Gasteiger partial charge in [-0.1, -0.05) is 6.92 Å². The van der Waals surface area contributed by atoms with Crippen LogP contribution in [0.4, 0.5) is 17.3 Å². The van der Waals surface area contributed by atoms with Crippen molar-refractivity contribution in [1.82, 2.24) is 14.9 Å². The number of nitrogens with zero attached hydrogens (tertiary/aromatic N) is 3. The SMILES string of the molecule is CCCN1CCN(c2ccc(Nc3nc(-c4ccc(OC)cc4)cc(=O)[nH]3)cc2)CC1. The molecule has 4 rings (SSSR count). The Kier molecular flexibility index (Phi) is 6.52. The quantitative estimate of drug-likeness (QED) is 0.608. The molecule has 3 aromatic rings. The summed E-state index contributed by atoms with van der Waals surface area (Å²) in [6, 6.07) is 17.2. The zero-order valence-corrected chi connectivity index (χ0v) is 18.1. The highest BCUT2D eigenvalue weighted by Gasteiger charge is 2.16. The maximum atomic E-state index is 12.2. The average Bonchev–Trinajstić information content (AvgIpc) is 2.80. The third-order valence-corrected chi connectivity index (χ3v) is 5.53. The lowest BCUT2D eigenvalue weighted by atomic mass is 10.1. The molecule has 1 fully saturated rings. The van der Waals surface area contributed by atoms with Crippen molar-refractivity contribution in [1.29, 1.82) is 0 Å². The summed E-state index contributed by atoms with van der Waals surface area (Å²) in [6.45, 7) is 7.72. The molecule has 2 aromatic carbocycles. The van der Waals surface area contributed by atoms with E-state index in [1.165, 1.54) is 24.7 Å². The number of benzene rings is 2.